The highest BCUT2D eigenvalue weighted by molar-refractivity contribution is 5.17. The zero-order chi connectivity index (χ0) is 13.0. The zero-order valence-electron chi connectivity index (χ0n) is 9.88. The van der Waals surface area contributed by atoms with Crippen LogP contribution in [0.5, 0.6) is 0 Å². The second-order valence-corrected chi connectivity index (χ2v) is 3.67. The van der Waals surface area contributed by atoms with E-state index in [-0.39, 0.29) is 5.88 Å². The smallest absolute Gasteiger partial charge is 0.433 e. The molecular weight excluding hydrogens is 238 g/mol. The highest BCUT2D eigenvalue weighted by atomic mass is 16.6. The quantitative estimate of drug-likeness (QED) is 0.623. The van der Waals surface area contributed by atoms with Gasteiger partial charge in [0.25, 0.3) is 0 Å². The molecule has 2 aromatic rings. The topological polar surface area (TPSA) is 94.3 Å². The first-order chi connectivity index (χ1) is 8.69. The van der Waals surface area contributed by atoms with Crippen molar-refractivity contribution in [3.05, 3.63) is 45.9 Å². The van der Waals surface area contributed by atoms with E-state index in [4.69, 9.17) is 8.83 Å². The van der Waals surface area contributed by atoms with E-state index >= 15 is 0 Å². The van der Waals surface area contributed by atoms with Gasteiger partial charge >= 0.3 is 5.88 Å². The van der Waals surface area contributed by atoms with Gasteiger partial charge in [-0.15, -0.1) is 0 Å². The Labute approximate surface area is 103 Å². The number of hydrogen-bond acceptors (Lipinski definition) is 6. The minimum atomic E-state index is -0.564. The Morgan fingerprint density at radius 3 is 2.78 bits per heavy atom. The van der Waals surface area contributed by atoms with Gasteiger partial charge in [-0.2, -0.15) is 0 Å². The largest absolute Gasteiger partial charge is 0.444 e. The number of nitro groups is 1. The maximum absolute atomic E-state index is 10.4. The summed E-state index contributed by atoms with van der Waals surface area (Å²) in [6, 6.07) is 2.90. The van der Waals surface area contributed by atoms with Crippen molar-refractivity contribution in [2.75, 3.05) is 0 Å². The number of nitrogens with zero attached hydrogens (tertiary/aromatic N) is 2. The fourth-order valence-electron chi connectivity index (χ4n) is 1.45. The van der Waals surface area contributed by atoms with Gasteiger partial charge in [-0.25, -0.2) is 4.98 Å². The van der Waals surface area contributed by atoms with E-state index in [1.165, 1.54) is 6.07 Å². The molecule has 0 aliphatic rings. The van der Waals surface area contributed by atoms with E-state index in [1.54, 1.807) is 12.3 Å². The van der Waals surface area contributed by atoms with Gasteiger partial charge in [0, 0.05) is 6.42 Å². The predicted molar refractivity (Wildman–Crippen MR) is 61.8 cm³/mol. The van der Waals surface area contributed by atoms with Crippen molar-refractivity contribution in [1.82, 2.24) is 10.3 Å². The Morgan fingerprint density at radius 1 is 1.33 bits per heavy atom. The molecule has 0 radical (unpaired) electrons. The summed E-state index contributed by atoms with van der Waals surface area (Å²) in [4.78, 5) is 13.9. The summed E-state index contributed by atoms with van der Waals surface area (Å²) < 4.78 is 10.4. The standard InChI is InChI=1S/C11H13N3O4/c1-2-8-6-13-10(17-8)7-12-5-9-3-4-11(18-9)14(15)16/h3-4,6,12H,2,5,7H2,1H3. The maximum Gasteiger partial charge on any atom is 0.433 e. The number of oxazole rings is 1. The fraction of sp³-hybridized carbons (Fsp3) is 0.364. The summed E-state index contributed by atoms with van der Waals surface area (Å²) in [6.07, 6.45) is 2.49. The molecular formula is C11H13N3O4. The number of furan rings is 1. The first-order valence-corrected chi connectivity index (χ1v) is 5.56. The second kappa shape index (κ2) is 5.46. The number of aryl methyl sites for hydroxylation is 1. The minimum Gasteiger partial charge on any atom is -0.444 e. The molecule has 0 aliphatic carbocycles. The highest BCUT2D eigenvalue weighted by Gasteiger charge is 2.11. The molecule has 0 bridgehead atoms. The van der Waals surface area contributed by atoms with Crippen LogP contribution in [0.4, 0.5) is 5.88 Å². The van der Waals surface area contributed by atoms with Gasteiger partial charge in [-0.1, -0.05) is 6.92 Å². The molecule has 2 rings (SSSR count). The Kier molecular flexibility index (Phi) is 3.73. The van der Waals surface area contributed by atoms with E-state index in [9.17, 15) is 10.1 Å². The molecule has 7 nitrogen and oxygen atoms in total. The van der Waals surface area contributed by atoms with Crippen LogP contribution in [0.25, 0.3) is 0 Å². The van der Waals surface area contributed by atoms with E-state index in [1.807, 2.05) is 6.92 Å². The van der Waals surface area contributed by atoms with Crippen LogP contribution >= 0.6 is 0 Å². The minimum absolute atomic E-state index is 0.254. The third-order valence-corrected chi connectivity index (χ3v) is 2.35. The van der Waals surface area contributed by atoms with E-state index < -0.39 is 4.92 Å². The fourth-order valence-corrected chi connectivity index (χ4v) is 1.45. The van der Waals surface area contributed by atoms with Crippen LogP contribution in [0.2, 0.25) is 0 Å². The van der Waals surface area contributed by atoms with Crippen LogP contribution in [-0.4, -0.2) is 9.91 Å². The molecule has 2 heterocycles. The summed E-state index contributed by atoms with van der Waals surface area (Å²) in [5.74, 6) is 1.67. The molecule has 2 aromatic heterocycles. The van der Waals surface area contributed by atoms with Crippen LogP contribution in [0, 0.1) is 10.1 Å². The first-order valence-electron chi connectivity index (χ1n) is 5.56. The summed E-state index contributed by atoms with van der Waals surface area (Å²) in [5.41, 5.74) is 0. The lowest BCUT2D eigenvalue weighted by Gasteiger charge is -1.98. The second-order valence-electron chi connectivity index (χ2n) is 3.67. The molecule has 0 saturated heterocycles. The molecule has 18 heavy (non-hydrogen) atoms. The van der Waals surface area contributed by atoms with Gasteiger partial charge in [-0.3, -0.25) is 10.1 Å². The average Bonchev–Trinajstić information content (AvgIpc) is 2.97. The lowest BCUT2D eigenvalue weighted by atomic mass is 10.4. The van der Waals surface area contributed by atoms with Crippen LogP contribution in [0.3, 0.4) is 0 Å². The van der Waals surface area contributed by atoms with Gasteiger partial charge in [0.05, 0.1) is 25.4 Å². The van der Waals surface area contributed by atoms with Crippen molar-refractivity contribution in [3.8, 4) is 0 Å². The normalized spacial score (nSPS) is 10.7. The first kappa shape index (κ1) is 12.3. The SMILES string of the molecule is CCc1cnc(CNCc2ccc([N+](=O)[O-])o2)o1. The lowest BCUT2D eigenvalue weighted by molar-refractivity contribution is -0.402. The Hall–Kier alpha value is -2.15. The van der Waals surface area contributed by atoms with Gasteiger partial charge in [0.15, 0.2) is 0 Å². The van der Waals surface area contributed by atoms with Crippen LogP contribution in [0.15, 0.2) is 27.2 Å². The maximum atomic E-state index is 10.4. The third-order valence-electron chi connectivity index (χ3n) is 2.35. The van der Waals surface area contributed by atoms with Crippen molar-refractivity contribution < 1.29 is 13.8 Å². The average molecular weight is 251 g/mol. The lowest BCUT2D eigenvalue weighted by Crippen LogP contribution is -2.12. The molecule has 0 fully saturated rings. The van der Waals surface area contributed by atoms with E-state index in [0.717, 1.165) is 12.2 Å². The molecule has 0 atom stereocenters. The van der Waals surface area contributed by atoms with Crippen LogP contribution in [-0.2, 0) is 19.5 Å². The summed E-state index contributed by atoms with van der Waals surface area (Å²) >= 11 is 0. The van der Waals surface area contributed by atoms with Crippen molar-refractivity contribution in [2.24, 2.45) is 0 Å². The van der Waals surface area contributed by atoms with Gasteiger partial charge in [-0.05, 0) is 6.07 Å². The Balaban J connectivity index is 1.82. The Morgan fingerprint density at radius 2 is 2.17 bits per heavy atom. The van der Waals surface area contributed by atoms with Crippen LogP contribution < -0.4 is 5.32 Å². The summed E-state index contributed by atoms with van der Waals surface area (Å²) in [5, 5.41) is 13.4. The van der Waals surface area contributed by atoms with E-state index in [0.29, 0.717) is 24.7 Å². The molecule has 7 heteroatoms. The molecule has 0 spiro atoms. The molecule has 0 amide bonds. The molecule has 0 unspecified atom stereocenters. The van der Waals surface area contributed by atoms with E-state index in [2.05, 4.69) is 10.3 Å². The number of nitrogens with one attached hydrogen (secondary N) is 1. The Bertz CT molecular complexity index is 532. The zero-order valence-corrected chi connectivity index (χ0v) is 9.88. The highest BCUT2D eigenvalue weighted by Crippen LogP contribution is 2.15. The van der Waals surface area contributed by atoms with Gasteiger partial charge in [0.2, 0.25) is 5.89 Å². The molecule has 0 saturated carbocycles. The molecule has 1 N–H and O–H groups in total. The van der Waals surface area contributed by atoms with Crippen LogP contribution in [0.1, 0.15) is 24.3 Å². The van der Waals surface area contributed by atoms with Gasteiger partial charge in [0.1, 0.15) is 16.4 Å². The van der Waals surface area contributed by atoms with Crippen molar-refractivity contribution in [2.45, 2.75) is 26.4 Å². The van der Waals surface area contributed by atoms with Gasteiger partial charge < -0.3 is 14.2 Å². The summed E-state index contributed by atoms with van der Waals surface area (Å²) in [6.45, 7) is 2.83. The third kappa shape index (κ3) is 2.95. The predicted octanol–water partition coefficient (Wildman–Crippen LogP) is 2.03. The monoisotopic (exact) mass is 251 g/mol. The van der Waals surface area contributed by atoms with Crippen molar-refractivity contribution in [3.63, 3.8) is 0 Å². The number of hydrogen-bond donors (Lipinski definition) is 1. The summed E-state index contributed by atoms with van der Waals surface area (Å²) in [7, 11) is 0. The molecule has 0 aromatic carbocycles. The molecule has 96 valence electrons. The van der Waals surface area contributed by atoms with Crippen molar-refractivity contribution >= 4 is 5.88 Å². The molecule has 0 aliphatic heterocycles. The number of aromatic nitrogens is 1. The van der Waals surface area contributed by atoms with Crippen molar-refractivity contribution in [1.29, 1.82) is 0 Å². The number of rotatable bonds is 6.